The number of nitrogens with one attached hydrogen (secondary N) is 1. The predicted octanol–water partition coefficient (Wildman–Crippen LogP) is 3.20. The summed E-state index contributed by atoms with van der Waals surface area (Å²) in [6, 6.07) is 0.834. The van der Waals surface area contributed by atoms with E-state index < -0.39 is 0 Å². The van der Waals surface area contributed by atoms with Crippen LogP contribution in [-0.2, 0) is 0 Å². The molecule has 2 aliphatic carbocycles. The average molecular weight is 195 g/mol. The van der Waals surface area contributed by atoms with Crippen molar-refractivity contribution in [1.29, 1.82) is 0 Å². The molecule has 1 N–H and O–H groups in total. The predicted molar refractivity (Wildman–Crippen MR) is 61.3 cm³/mol. The maximum atomic E-state index is 3.80. The van der Waals surface area contributed by atoms with Crippen LogP contribution in [-0.4, -0.2) is 12.6 Å². The third kappa shape index (κ3) is 2.13. The summed E-state index contributed by atoms with van der Waals surface area (Å²) in [6.07, 6.45) is 7.18. The van der Waals surface area contributed by atoms with E-state index >= 15 is 0 Å². The van der Waals surface area contributed by atoms with Crippen molar-refractivity contribution in [2.45, 2.75) is 58.9 Å². The molecule has 82 valence electrons. The molecule has 0 aromatic carbocycles. The van der Waals surface area contributed by atoms with Gasteiger partial charge in [-0.15, -0.1) is 0 Å². The molecule has 2 unspecified atom stereocenters. The lowest BCUT2D eigenvalue weighted by Crippen LogP contribution is -2.34. The summed E-state index contributed by atoms with van der Waals surface area (Å²) in [5.41, 5.74) is 0.686. The van der Waals surface area contributed by atoms with Gasteiger partial charge in [0.1, 0.15) is 0 Å². The van der Waals surface area contributed by atoms with Crippen LogP contribution in [0.5, 0.6) is 0 Å². The fraction of sp³-hybridized carbons (Fsp3) is 1.00. The molecule has 0 aromatic heterocycles. The minimum atomic E-state index is 0.686. The van der Waals surface area contributed by atoms with Crippen molar-refractivity contribution in [1.82, 2.24) is 5.32 Å². The Morgan fingerprint density at radius 3 is 2.43 bits per heavy atom. The van der Waals surface area contributed by atoms with Gasteiger partial charge in [-0.3, -0.25) is 0 Å². The SMILES string of the molecule is CC1CCC(NCC2(C(C)C)CC2)C1. The Hall–Kier alpha value is -0.0400. The highest BCUT2D eigenvalue weighted by Crippen LogP contribution is 2.51. The maximum absolute atomic E-state index is 3.80. The lowest BCUT2D eigenvalue weighted by molar-refractivity contribution is 0.318. The summed E-state index contributed by atoms with van der Waals surface area (Å²) >= 11 is 0. The van der Waals surface area contributed by atoms with Crippen molar-refractivity contribution in [2.75, 3.05) is 6.54 Å². The van der Waals surface area contributed by atoms with Crippen molar-refractivity contribution >= 4 is 0 Å². The van der Waals surface area contributed by atoms with Crippen LogP contribution in [0.2, 0.25) is 0 Å². The zero-order valence-corrected chi connectivity index (χ0v) is 9.97. The van der Waals surface area contributed by atoms with E-state index in [1.54, 1.807) is 0 Å². The van der Waals surface area contributed by atoms with Gasteiger partial charge in [0.15, 0.2) is 0 Å². The van der Waals surface area contributed by atoms with E-state index in [0.717, 1.165) is 17.9 Å². The first kappa shape index (κ1) is 10.5. The van der Waals surface area contributed by atoms with E-state index in [9.17, 15) is 0 Å². The molecule has 14 heavy (non-hydrogen) atoms. The molecule has 0 aromatic rings. The van der Waals surface area contributed by atoms with Gasteiger partial charge in [0, 0.05) is 12.6 Å². The van der Waals surface area contributed by atoms with E-state index in [4.69, 9.17) is 0 Å². The van der Waals surface area contributed by atoms with Crippen LogP contribution >= 0.6 is 0 Å². The van der Waals surface area contributed by atoms with Gasteiger partial charge in [-0.1, -0.05) is 20.8 Å². The van der Waals surface area contributed by atoms with Crippen molar-refractivity contribution in [2.24, 2.45) is 17.3 Å². The van der Waals surface area contributed by atoms with Crippen LogP contribution in [0.3, 0.4) is 0 Å². The highest BCUT2D eigenvalue weighted by Gasteiger charge is 2.45. The standard InChI is InChI=1S/C13H25N/c1-10(2)13(6-7-13)9-14-12-5-4-11(3)8-12/h10-12,14H,4-9H2,1-3H3. The zero-order chi connectivity index (χ0) is 10.2. The quantitative estimate of drug-likeness (QED) is 0.726. The normalized spacial score (nSPS) is 35.1. The van der Waals surface area contributed by atoms with Crippen molar-refractivity contribution < 1.29 is 0 Å². The second-order valence-electron chi connectivity index (χ2n) is 6.01. The fourth-order valence-corrected chi connectivity index (χ4v) is 2.86. The molecule has 0 heterocycles. The molecule has 0 aliphatic heterocycles. The van der Waals surface area contributed by atoms with Gasteiger partial charge in [0.2, 0.25) is 0 Å². The highest BCUT2D eigenvalue weighted by molar-refractivity contribution is 4.98. The molecule has 2 atom stereocenters. The molecule has 2 fully saturated rings. The fourth-order valence-electron chi connectivity index (χ4n) is 2.86. The molecule has 2 rings (SSSR count). The maximum Gasteiger partial charge on any atom is 0.00699 e. The summed E-state index contributed by atoms with van der Waals surface area (Å²) in [6.45, 7) is 8.43. The molecule has 2 aliphatic rings. The first-order chi connectivity index (χ1) is 6.62. The zero-order valence-electron chi connectivity index (χ0n) is 9.97. The summed E-state index contributed by atoms with van der Waals surface area (Å²) in [7, 11) is 0. The monoisotopic (exact) mass is 195 g/mol. The van der Waals surface area contributed by atoms with Crippen LogP contribution in [0, 0.1) is 17.3 Å². The van der Waals surface area contributed by atoms with Crippen LogP contribution < -0.4 is 5.32 Å². The molecule has 0 radical (unpaired) electrons. The summed E-state index contributed by atoms with van der Waals surface area (Å²) in [5.74, 6) is 1.83. The van der Waals surface area contributed by atoms with Gasteiger partial charge in [0.05, 0.1) is 0 Å². The Morgan fingerprint density at radius 2 is 2.00 bits per heavy atom. The van der Waals surface area contributed by atoms with E-state index in [-0.39, 0.29) is 0 Å². The molecule has 1 nitrogen and oxygen atoms in total. The van der Waals surface area contributed by atoms with Gasteiger partial charge in [-0.05, 0) is 49.4 Å². The molecule has 2 saturated carbocycles. The number of rotatable bonds is 4. The number of hydrogen-bond acceptors (Lipinski definition) is 1. The third-order valence-electron chi connectivity index (χ3n) is 4.55. The second kappa shape index (κ2) is 3.84. The Labute approximate surface area is 88.7 Å². The van der Waals surface area contributed by atoms with E-state index in [2.05, 4.69) is 26.1 Å². The second-order valence-corrected chi connectivity index (χ2v) is 6.01. The van der Waals surface area contributed by atoms with E-state index in [1.165, 1.54) is 38.6 Å². The van der Waals surface area contributed by atoms with Crippen LogP contribution in [0.15, 0.2) is 0 Å². The largest absolute Gasteiger partial charge is 0.313 e. The molecule has 0 saturated heterocycles. The Kier molecular flexibility index (Phi) is 2.88. The first-order valence-electron chi connectivity index (χ1n) is 6.36. The summed E-state index contributed by atoms with van der Waals surface area (Å²) < 4.78 is 0. The van der Waals surface area contributed by atoms with Crippen LogP contribution in [0.4, 0.5) is 0 Å². The van der Waals surface area contributed by atoms with E-state index in [1.807, 2.05) is 0 Å². The van der Waals surface area contributed by atoms with Gasteiger partial charge in [-0.2, -0.15) is 0 Å². The van der Waals surface area contributed by atoms with Crippen LogP contribution in [0.1, 0.15) is 52.9 Å². The summed E-state index contributed by atoms with van der Waals surface area (Å²) in [5, 5.41) is 3.80. The van der Waals surface area contributed by atoms with Crippen LogP contribution in [0.25, 0.3) is 0 Å². The van der Waals surface area contributed by atoms with E-state index in [0.29, 0.717) is 5.41 Å². The Morgan fingerprint density at radius 1 is 1.29 bits per heavy atom. The highest BCUT2D eigenvalue weighted by atomic mass is 14.9. The molecule has 0 spiro atoms. The van der Waals surface area contributed by atoms with Gasteiger partial charge < -0.3 is 5.32 Å². The summed E-state index contributed by atoms with van der Waals surface area (Å²) in [4.78, 5) is 0. The average Bonchev–Trinajstić information content (AvgIpc) is 2.82. The topological polar surface area (TPSA) is 12.0 Å². The lowest BCUT2D eigenvalue weighted by atomic mass is 9.92. The minimum Gasteiger partial charge on any atom is -0.313 e. The molecule has 0 bridgehead atoms. The van der Waals surface area contributed by atoms with Crippen molar-refractivity contribution in [3.8, 4) is 0 Å². The molecular weight excluding hydrogens is 170 g/mol. The lowest BCUT2D eigenvalue weighted by Gasteiger charge is -2.23. The minimum absolute atomic E-state index is 0.686. The first-order valence-corrected chi connectivity index (χ1v) is 6.36. The van der Waals surface area contributed by atoms with Gasteiger partial charge >= 0.3 is 0 Å². The molecular formula is C13H25N. The Bertz CT molecular complexity index is 193. The van der Waals surface area contributed by atoms with Crippen molar-refractivity contribution in [3.63, 3.8) is 0 Å². The third-order valence-corrected chi connectivity index (χ3v) is 4.55. The molecule has 0 amide bonds. The smallest absolute Gasteiger partial charge is 0.00699 e. The number of hydrogen-bond donors (Lipinski definition) is 1. The Balaban J connectivity index is 1.72. The molecule has 1 heteroatoms. The van der Waals surface area contributed by atoms with Crippen molar-refractivity contribution in [3.05, 3.63) is 0 Å². The van der Waals surface area contributed by atoms with Gasteiger partial charge in [-0.25, -0.2) is 0 Å². The van der Waals surface area contributed by atoms with Gasteiger partial charge in [0.25, 0.3) is 0 Å².